The van der Waals surface area contributed by atoms with Crippen LogP contribution < -0.4 is 48.7 Å². The van der Waals surface area contributed by atoms with Gasteiger partial charge in [-0.15, -0.1) is 0 Å². The maximum Gasteiger partial charge on any atom is 0.305 e. The number of aromatic hydroxyl groups is 1. The summed E-state index contributed by atoms with van der Waals surface area (Å²) >= 11 is 2.84. The number of thioether (sulfide) groups is 2. The van der Waals surface area contributed by atoms with E-state index in [0.717, 1.165) is 11.1 Å². The largest absolute Gasteiger partial charge is 0.508 e. The van der Waals surface area contributed by atoms with E-state index >= 15 is 19.2 Å². The van der Waals surface area contributed by atoms with Crippen LogP contribution in [-0.4, -0.2) is 168 Å². The number of ketones is 1. The topological polar surface area (TPSA) is 412 Å². The molecule has 3 aliphatic rings. The molecule has 8 atom stereocenters. The van der Waals surface area contributed by atoms with Gasteiger partial charge in [0, 0.05) is 97.1 Å². The van der Waals surface area contributed by atoms with Crippen LogP contribution in [0.1, 0.15) is 90.9 Å². The number of imidazole rings is 1. The number of nitrogens with zero attached hydrogens (tertiary/aromatic N) is 2. The van der Waals surface area contributed by atoms with Crippen molar-refractivity contribution in [3.05, 3.63) is 160 Å². The molecule has 99 heavy (non-hydrogen) atoms. The highest BCUT2D eigenvalue weighted by molar-refractivity contribution is 7.98. The van der Waals surface area contributed by atoms with E-state index in [4.69, 9.17) is 11.5 Å². The molecular weight excluding hydrogens is 1320 g/mol. The number of carbonyl (C=O) groups excluding carboxylic acids is 10. The standard InChI is InChI=1S/C69H79F2N13O13S2/c1-69-18-3-20-84(69)68(97)57(23-38-6-13-48(85)14-7-38)83-66(95)55(29-47-32-74-37-77-47)81-67(96)56(30-61(89)90)82-65(94)54(24-42-9-8-41-10-11-45(70)27-49(41)42)80-64(93)53(25-43-31-75-51-15-12-46(71)28-50(43)51)79-60(88)33-76-63(92)52(16-19-72)78-59(87)17-21-98-34-39-4-2-5-40(22-39)35-99-36-44(62(73)91)26-58(69)86/h2,4-7,9-15,22,27-28,31-32,37,44,52-57,75,85H,3,8,16-21,23-26,29-30,33-36,72H2,1H3,(H2,73,91)(H,74,77)(H,76,92)(H,78,87)(H,79,88)(H,80,93)(H,81,96)(H,82,94)(H,83,95)(H,89,90)/t44-,52-,53-,54-,55-,56-,57-,69-/m0/s1. The molecule has 15 N–H and O–H groups in total. The average molecular weight is 1400 g/mol. The van der Waals surface area contributed by atoms with Crippen LogP contribution in [0.25, 0.3) is 16.5 Å². The lowest BCUT2D eigenvalue weighted by Gasteiger charge is -2.37. The number of aromatic amines is 2. The molecule has 26 nitrogen and oxygen atoms in total. The summed E-state index contributed by atoms with van der Waals surface area (Å²) in [6, 6.07) is 11.6. The Balaban J connectivity index is 1.05. The van der Waals surface area contributed by atoms with Crippen molar-refractivity contribution in [2.75, 3.05) is 31.1 Å². The van der Waals surface area contributed by atoms with Crippen LogP contribution in [0.4, 0.5) is 8.78 Å². The Hall–Kier alpha value is -9.94. The van der Waals surface area contributed by atoms with Gasteiger partial charge in [0.15, 0.2) is 5.78 Å². The number of carbonyl (C=O) groups is 11. The molecule has 30 heteroatoms. The third-order valence-corrected chi connectivity index (χ3v) is 19.9. The van der Waals surface area contributed by atoms with Gasteiger partial charge >= 0.3 is 5.97 Å². The van der Waals surface area contributed by atoms with Gasteiger partial charge < -0.3 is 73.8 Å². The number of hydrogen-bond donors (Lipinski definition) is 13. The number of nitrogens with one attached hydrogen (secondary N) is 9. The maximum atomic E-state index is 15.2. The number of aliphatic carboxylic acids is 1. The summed E-state index contributed by atoms with van der Waals surface area (Å²) in [5.74, 6) is -11.0. The zero-order valence-electron chi connectivity index (χ0n) is 54.2. The predicted octanol–water partition coefficient (Wildman–Crippen LogP) is 2.79. The van der Waals surface area contributed by atoms with E-state index in [-0.39, 0.29) is 81.7 Å². The van der Waals surface area contributed by atoms with Crippen molar-refractivity contribution in [3.63, 3.8) is 0 Å². The Morgan fingerprint density at radius 2 is 1.37 bits per heavy atom. The van der Waals surface area contributed by atoms with Crippen LogP contribution in [0.2, 0.25) is 0 Å². The van der Waals surface area contributed by atoms with E-state index in [1.54, 1.807) is 13.0 Å². The van der Waals surface area contributed by atoms with Gasteiger partial charge in [-0.3, -0.25) is 52.7 Å². The molecule has 4 heterocycles. The number of primary amides is 1. The molecule has 9 amide bonds. The first-order chi connectivity index (χ1) is 47.4. The maximum absolute atomic E-state index is 15.2. The molecule has 1 fully saturated rings. The van der Waals surface area contributed by atoms with Gasteiger partial charge in [-0.2, -0.15) is 23.5 Å². The van der Waals surface area contributed by atoms with Crippen molar-refractivity contribution in [1.29, 1.82) is 0 Å². The van der Waals surface area contributed by atoms with Crippen LogP contribution in [0.3, 0.4) is 0 Å². The van der Waals surface area contributed by atoms with Crippen LogP contribution >= 0.6 is 23.5 Å². The van der Waals surface area contributed by atoms with Gasteiger partial charge in [0.25, 0.3) is 0 Å². The third-order valence-electron chi connectivity index (χ3n) is 17.7. The monoisotopic (exact) mass is 1400 g/mol. The molecular formula is C69H79F2N13O13S2. The molecule has 2 aliphatic heterocycles. The lowest BCUT2D eigenvalue weighted by atomic mass is 9.86. The summed E-state index contributed by atoms with van der Waals surface area (Å²) in [6.07, 6.45) is 3.78. The Bertz CT molecular complexity index is 4020. The van der Waals surface area contributed by atoms with E-state index in [9.17, 15) is 52.6 Å². The zero-order valence-corrected chi connectivity index (χ0v) is 55.8. The quantitative estimate of drug-likeness (QED) is 0.0790. The van der Waals surface area contributed by atoms with Gasteiger partial charge in [-0.1, -0.05) is 48.5 Å². The molecule has 2 aromatic heterocycles. The minimum absolute atomic E-state index is 0.00101. The Labute approximate surface area is 576 Å². The highest BCUT2D eigenvalue weighted by Gasteiger charge is 2.48. The van der Waals surface area contributed by atoms with Gasteiger partial charge in [0.2, 0.25) is 53.2 Å². The summed E-state index contributed by atoms with van der Waals surface area (Å²) in [5, 5.41) is 39.0. The Morgan fingerprint density at radius 3 is 2.07 bits per heavy atom. The van der Waals surface area contributed by atoms with E-state index in [2.05, 4.69) is 52.2 Å². The van der Waals surface area contributed by atoms with E-state index in [0.29, 0.717) is 62.4 Å². The highest BCUT2D eigenvalue weighted by atomic mass is 32.2. The number of H-pyrrole nitrogens is 2. The molecule has 524 valence electrons. The third kappa shape index (κ3) is 19.9. The molecule has 2 bridgehead atoms. The van der Waals surface area contributed by atoms with Crippen molar-refractivity contribution >= 4 is 105 Å². The highest BCUT2D eigenvalue weighted by Crippen LogP contribution is 2.35. The van der Waals surface area contributed by atoms with Gasteiger partial charge in [-0.25, -0.2) is 13.8 Å². The van der Waals surface area contributed by atoms with Crippen molar-refractivity contribution in [2.45, 2.75) is 131 Å². The minimum atomic E-state index is -2.03. The summed E-state index contributed by atoms with van der Waals surface area (Å²) < 4.78 is 29.8. The lowest BCUT2D eigenvalue weighted by molar-refractivity contribution is -0.146. The minimum Gasteiger partial charge on any atom is -0.508 e. The summed E-state index contributed by atoms with van der Waals surface area (Å²) in [4.78, 5) is 168. The number of rotatable bonds is 13. The average Bonchev–Trinajstić information content (AvgIpc) is 1.69. The number of fused-ring (bicyclic) bond motifs is 5. The number of carboxylic acid groups (broad SMARTS) is 1. The number of carboxylic acids is 1. The van der Waals surface area contributed by atoms with Crippen molar-refractivity contribution < 1.29 is 71.7 Å². The zero-order chi connectivity index (χ0) is 70.9. The Kier molecular flexibility index (Phi) is 25.2. The molecule has 0 spiro atoms. The number of Topliss-reactive ketones (excluding diaryl/α,β-unsaturated/α-hetero) is 1. The smallest absolute Gasteiger partial charge is 0.305 e. The van der Waals surface area contributed by atoms with Crippen molar-refractivity contribution in [3.8, 4) is 5.75 Å². The number of phenols is 1. The van der Waals surface area contributed by atoms with E-state index in [1.165, 1.54) is 108 Å². The summed E-state index contributed by atoms with van der Waals surface area (Å²) in [7, 11) is 0. The van der Waals surface area contributed by atoms with Gasteiger partial charge in [0.1, 0.15) is 53.6 Å². The van der Waals surface area contributed by atoms with Gasteiger partial charge in [0.05, 0.1) is 30.7 Å². The molecule has 9 rings (SSSR count). The second-order valence-electron chi connectivity index (χ2n) is 24.9. The Morgan fingerprint density at radius 1 is 0.717 bits per heavy atom. The van der Waals surface area contributed by atoms with E-state index < -0.39 is 144 Å². The van der Waals surface area contributed by atoms with Crippen molar-refractivity contribution in [2.24, 2.45) is 17.4 Å². The predicted molar refractivity (Wildman–Crippen MR) is 364 cm³/mol. The molecule has 0 unspecified atom stereocenters. The number of hydrogen-bond acceptors (Lipinski definition) is 16. The molecule has 1 aliphatic carbocycles. The first kappa shape index (κ1) is 73.3. The van der Waals surface area contributed by atoms with Gasteiger partial charge in [-0.05, 0) is 121 Å². The van der Waals surface area contributed by atoms with Crippen molar-refractivity contribution in [1.82, 2.24) is 57.1 Å². The number of allylic oxidation sites excluding steroid dienone is 1. The second-order valence-corrected chi connectivity index (χ2v) is 27.0. The van der Waals surface area contributed by atoms with E-state index in [1.807, 2.05) is 24.3 Å². The number of aromatic nitrogens is 3. The van der Waals surface area contributed by atoms with Crippen LogP contribution in [-0.2, 0) is 89.9 Å². The first-order valence-corrected chi connectivity index (χ1v) is 34.6. The SMILES string of the molecule is C[C@@]12CCCN1C(=O)[C@H](Cc1ccc(O)cc1)NC(=O)[C@H](Cc1cnc[nH]1)NC(=O)[C@H](CC(=O)O)NC(=O)[C@H](CC1=CCc3ccc(F)cc31)NC(=O)[C@H](Cc1c[nH]c3ccc(F)cc13)NC(=O)CNC(=O)[C@H](CCN)NC(=O)CCSCc1cccc(c1)CSC[C@@H](C(N)=O)CC2=O. The normalized spacial score (nSPS) is 23.4. The van der Waals surface area contributed by atoms with Crippen LogP contribution in [0, 0.1) is 17.6 Å². The number of halogens is 2. The number of nitrogens with two attached hydrogens (primary N) is 2. The van der Waals surface area contributed by atoms with Crippen LogP contribution in [0.15, 0.2) is 110 Å². The molecule has 1 saturated heterocycles. The second kappa shape index (κ2) is 34.0. The molecule has 0 radical (unpaired) electrons. The molecule has 4 aromatic carbocycles. The molecule has 0 saturated carbocycles. The number of benzene rings is 4. The fourth-order valence-electron chi connectivity index (χ4n) is 12.3. The number of phenolic OH excluding ortho intramolecular Hbond substituents is 1. The van der Waals surface area contributed by atoms with Crippen LogP contribution in [0.5, 0.6) is 5.75 Å². The lowest BCUT2D eigenvalue weighted by Crippen LogP contribution is -2.61. The molecule has 6 aromatic rings. The first-order valence-electron chi connectivity index (χ1n) is 32.3. The fourth-order valence-corrected chi connectivity index (χ4v) is 14.3. The number of amides is 9. The summed E-state index contributed by atoms with van der Waals surface area (Å²) in [5.41, 5.74) is 15.0. The summed E-state index contributed by atoms with van der Waals surface area (Å²) in [6.45, 7) is 0.852. The fraction of sp³-hybridized carbons (Fsp3) is 0.391.